The summed E-state index contributed by atoms with van der Waals surface area (Å²) in [4.78, 5) is 12.6. The van der Waals surface area contributed by atoms with Gasteiger partial charge in [0.25, 0.3) is 16.0 Å². The minimum Gasteiger partial charge on any atom is -0.321 e. The van der Waals surface area contributed by atoms with Crippen LogP contribution in [0.3, 0.4) is 0 Å². The van der Waals surface area contributed by atoms with Crippen LogP contribution in [0.5, 0.6) is 0 Å². The first-order valence-electron chi connectivity index (χ1n) is 7.13. The Bertz CT molecular complexity index is 1150. The molecule has 0 bridgehead atoms. The van der Waals surface area contributed by atoms with Crippen molar-refractivity contribution in [1.82, 2.24) is 0 Å². The SMILES string of the molecule is O=C(Nc1cccc2c(S(=O)(=O)O)cccc12)c1cc(I)cc(I)c1I. The minimum atomic E-state index is -4.36. The van der Waals surface area contributed by atoms with Crippen LogP contribution in [0.2, 0.25) is 0 Å². The zero-order valence-corrected chi connectivity index (χ0v) is 20.1. The van der Waals surface area contributed by atoms with E-state index in [9.17, 15) is 17.8 Å². The summed E-state index contributed by atoms with van der Waals surface area (Å²) in [5.41, 5.74) is 1.02. The third kappa shape index (κ3) is 4.15. The van der Waals surface area contributed by atoms with Crippen LogP contribution in [-0.2, 0) is 10.1 Å². The second-order valence-corrected chi connectivity index (χ2v) is 10.2. The number of anilines is 1. The number of carbonyl (C=O) groups excluding carboxylic acids is 1. The predicted octanol–water partition coefficient (Wildman–Crippen LogP) is 5.15. The number of hydrogen-bond acceptors (Lipinski definition) is 3. The van der Waals surface area contributed by atoms with Gasteiger partial charge in [-0.15, -0.1) is 0 Å². The van der Waals surface area contributed by atoms with E-state index >= 15 is 0 Å². The fraction of sp³-hybridized carbons (Fsp3) is 0. The molecule has 0 spiro atoms. The maximum absolute atomic E-state index is 12.8. The van der Waals surface area contributed by atoms with Gasteiger partial charge in [0, 0.05) is 27.2 Å². The molecule has 26 heavy (non-hydrogen) atoms. The highest BCUT2D eigenvalue weighted by Gasteiger charge is 2.18. The highest BCUT2D eigenvalue weighted by molar-refractivity contribution is 14.1. The van der Waals surface area contributed by atoms with E-state index in [2.05, 4.69) is 73.1 Å². The van der Waals surface area contributed by atoms with Crippen LogP contribution in [0, 0.1) is 10.7 Å². The molecule has 0 aliphatic rings. The van der Waals surface area contributed by atoms with Crippen LogP contribution >= 0.6 is 67.8 Å². The van der Waals surface area contributed by atoms with E-state index in [-0.39, 0.29) is 10.8 Å². The highest BCUT2D eigenvalue weighted by atomic mass is 127. The second-order valence-electron chi connectivity index (χ2n) is 5.34. The van der Waals surface area contributed by atoms with Gasteiger partial charge in [-0.2, -0.15) is 8.42 Å². The summed E-state index contributed by atoms with van der Waals surface area (Å²) in [6.45, 7) is 0. The van der Waals surface area contributed by atoms with Crippen molar-refractivity contribution in [3.05, 3.63) is 64.8 Å². The Labute approximate surface area is 191 Å². The van der Waals surface area contributed by atoms with E-state index in [1.807, 2.05) is 6.07 Å². The van der Waals surface area contributed by atoms with Crippen molar-refractivity contribution in [3.8, 4) is 0 Å². The molecule has 1 amide bonds. The van der Waals surface area contributed by atoms with Gasteiger partial charge in [0.2, 0.25) is 0 Å². The zero-order valence-electron chi connectivity index (χ0n) is 12.8. The first-order valence-corrected chi connectivity index (χ1v) is 11.8. The maximum Gasteiger partial charge on any atom is 0.295 e. The molecule has 0 aromatic heterocycles. The van der Waals surface area contributed by atoms with Crippen molar-refractivity contribution < 1.29 is 17.8 Å². The van der Waals surface area contributed by atoms with E-state index in [0.29, 0.717) is 22.0 Å². The van der Waals surface area contributed by atoms with Gasteiger partial charge >= 0.3 is 0 Å². The smallest absolute Gasteiger partial charge is 0.295 e. The van der Waals surface area contributed by atoms with Crippen LogP contribution in [0.15, 0.2) is 53.4 Å². The van der Waals surface area contributed by atoms with Gasteiger partial charge in [0.15, 0.2) is 0 Å². The van der Waals surface area contributed by atoms with E-state index in [4.69, 9.17) is 0 Å². The summed E-state index contributed by atoms with van der Waals surface area (Å²) in [6.07, 6.45) is 0. The standard InChI is InChI=1S/C17H10I3NO4S/c18-9-7-12(16(20)13(19)8-9)17(22)21-14-5-1-4-11-10(14)3-2-6-15(11)26(23,24)25/h1-8H,(H,21,22)(H,23,24,25). The van der Waals surface area contributed by atoms with E-state index in [0.717, 1.165) is 10.7 Å². The Hall–Kier alpha value is -0.510. The normalized spacial score (nSPS) is 11.5. The van der Waals surface area contributed by atoms with Crippen LogP contribution in [0.4, 0.5) is 5.69 Å². The summed E-state index contributed by atoms with van der Waals surface area (Å²) < 4.78 is 35.4. The third-order valence-corrected chi connectivity index (χ3v) is 8.23. The summed E-state index contributed by atoms with van der Waals surface area (Å²) >= 11 is 6.47. The van der Waals surface area contributed by atoms with Crippen molar-refractivity contribution in [2.75, 3.05) is 5.32 Å². The lowest BCUT2D eigenvalue weighted by molar-refractivity contribution is 0.102. The lowest BCUT2D eigenvalue weighted by Crippen LogP contribution is -2.15. The molecule has 0 heterocycles. The lowest BCUT2D eigenvalue weighted by Gasteiger charge is -2.12. The highest BCUT2D eigenvalue weighted by Crippen LogP contribution is 2.30. The van der Waals surface area contributed by atoms with Crippen molar-refractivity contribution in [2.24, 2.45) is 0 Å². The van der Waals surface area contributed by atoms with Crippen molar-refractivity contribution in [3.63, 3.8) is 0 Å². The topological polar surface area (TPSA) is 83.5 Å². The number of nitrogens with one attached hydrogen (secondary N) is 1. The van der Waals surface area contributed by atoms with E-state index in [1.54, 1.807) is 30.3 Å². The molecule has 0 saturated heterocycles. The number of hydrogen-bond donors (Lipinski definition) is 2. The Morgan fingerprint density at radius 1 is 0.962 bits per heavy atom. The summed E-state index contributed by atoms with van der Waals surface area (Å²) in [6, 6.07) is 13.3. The Balaban J connectivity index is 2.09. The van der Waals surface area contributed by atoms with Crippen LogP contribution in [0.25, 0.3) is 10.8 Å². The lowest BCUT2D eigenvalue weighted by atomic mass is 10.1. The average molecular weight is 705 g/mol. The molecule has 5 nitrogen and oxygen atoms in total. The Morgan fingerprint density at radius 3 is 2.31 bits per heavy atom. The van der Waals surface area contributed by atoms with Crippen LogP contribution < -0.4 is 5.32 Å². The summed E-state index contributed by atoms with van der Waals surface area (Å²) in [5.74, 6) is -0.282. The molecule has 0 unspecified atom stereocenters. The molecule has 0 atom stereocenters. The molecular formula is C17H10I3NO4S. The summed E-state index contributed by atoms with van der Waals surface area (Å²) in [7, 11) is -4.36. The predicted molar refractivity (Wildman–Crippen MR) is 126 cm³/mol. The number of rotatable bonds is 3. The van der Waals surface area contributed by atoms with Gasteiger partial charge in [0.05, 0.1) is 5.56 Å². The first kappa shape index (κ1) is 20.2. The molecule has 0 saturated carbocycles. The van der Waals surface area contributed by atoms with Gasteiger partial charge in [0.1, 0.15) is 4.90 Å². The van der Waals surface area contributed by atoms with Gasteiger partial charge in [-0.05, 0) is 92.0 Å². The molecule has 0 fully saturated rings. The van der Waals surface area contributed by atoms with Crippen molar-refractivity contribution in [2.45, 2.75) is 4.90 Å². The fourth-order valence-electron chi connectivity index (χ4n) is 2.53. The van der Waals surface area contributed by atoms with Crippen LogP contribution in [0.1, 0.15) is 10.4 Å². The molecule has 3 rings (SSSR count). The first-order chi connectivity index (χ1) is 12.2. The molecule has 134 valence electrons. The monoisotopic (exact) mass is 705 g/mol. The number of fused-ring (bicyclic) bond motifs is 1. The molecule has 9 heteroatoms. The summed E-state index contributed by atoms with van der Waals surface area (Å²) in [5, 5.41) is 3.73. The molecule has 3 aromatic rings. The third-order valence-electron chi connectivity index (χ3n) is 3.65. The van der Waals surface area contributed by atoms with Gasteiger partial charge in [-0.1, -0.05) is 24.3 Å². The van der Waals surface area contributed by atoms with Crippen LogP contribution in [-0.4, -0.2) is 18.9 Å². The Kier molecular flexibility index (Phi) is 6.11. The van der Waals surface area contributed by atoms with Gasteiger partial charge in [-0.25, -0.2) is 0 Å². The largest absolute Gasteiger partial charge is 0.321 e. The number of carbonyl (C=O) groups is 1. The number of amides is 1. The quantitative estimate of drug-likeness (QED) is 0.225. The Morgan fingerprint density at radius 2 is 1.62 bits per heavy atom. The zero-order chi connectivity index (χ0) is 19.1. The molecule has 2 N–H and O–H groups in total. The van der Waals surface area contributed by atoms with Crippen molar-refractivity contribution in [1.29, 1.82) is 0 Å². The molecule has 0 aliphatic carbocycles. The van der Waals surface area contributed by atoms with Gasteiger partial charge < -0.3 is 5.32 Å². The fourth-order valence-corrected chi connectivity index (χ4v) is 5.63. The maximum atomic E-state index is 12.8. The van der Waals surface area contributed by atoms with E-state index < -0.39 is 10.1 Å². The average Bonchev–Trinajstić information content (AvgIpc) is 2.57. The number of halogens is 3. The number of benzene rings is 3. The molecule has 0 radical (unpaired) electrons. The molecular weight excluding hydrogens is 695 g/mol. The second kappa shape index (κ2) is 7.85. The molecule has 0 aliphatic heterocycles. The minimum absolute atomic E-state index is 0.190. The van der Waals surface area contributed by atoms with Crippen molar-refractivity contribution >= 4 is 100 Å². The molecule has 3 aromatic carbocycles. The van der Waals surface area contributed by atoms with Gasteiger partial charge in [-0.3, -0.25) is 9.35 Å². The van der Waals surface area contributed by atoms with E-state index in [1.165, 1.54) is 12.1 Å².